The van der Waals surface area contributed by atoms with Crippen LogP contribution >= 0.6 is 0 Å². The molecule has 220 valence electrons. The van der Waals surface area contributed by atoms with Gasteiger partial charge in [0.2, 0.25) is 0 Å². The van der Waals surface area contributed by atoms with Gasteiger partial charge >= 0.3 is 26.2 Å². The summed E-state index contributed by atoms with van der Waals surface area (Å²) < 4.78 is 0. The Morgan fingerprint density at radius 2 is 0.951 bits per heavy atom. The number of fused-ring (bicyclic) bond motifs is 2. The molecule has 8 atom stereocenters. The second kappa shape index (κ2) is 16.5. The van der Waals surface area contributed by atoms with Crippen molar-refractivity contribution in [2.24, 2.45) is 47.3 Å². The van der Waals surface area contributed by atoms with Crippen LogP contribution in [0.15, 0.2) is 48.5 Å². The van der Waals surface area contributed by atoms with Gasteiger partial charge in [0.1, 0.15) is 0 Å². The van der Waals surface area contributed by atoms with Crippen molar-refractivity contribution in [2.75, 3.05) is 0 Å². The van der Waals surface area contributed by atoms with E-state index in [0.717, 1.165) is 47.3 Å². The van der Waals surface area contributed by atoms with Crippen LogP contribution < -0.4 is 24.8 Å². The molecule has 0 saturated heterocycles. The van der Waals surface area contributed by atoms with Gasteiger partial charge in [-0.2, -0.15) is 11.1 Å². The predicted molar refractivity (Wildman–Crippen MR) is 163 cm³/mol. The molecular formula is C38H50Cl2Zr. The molecule has 2 unspecified atom stereocenters. The van der Waals surface area contributed by atoms with Crippen LogP contribution in [0.1, 0.15) is 114 Å². The third-order valence-electron chi connectivity index (χ3n) is 10.5. The molecule has 4 aliphatic carbocycles. The van der Waals surface area contributed by atoms with E-state index in [2.05, 4.69) is 114 Å². The number of hydrogen-bond donors (Lipinski definition) is 0. The van der Waals surface area contributed by atoms with E-state index in [-0.39, 0.29) is 51.0 Å². The minimum absolute atomic E-state index is 0. The molecule has 0 nitrogen and oxygen atoms in total. The van der Waals surface area contributed by atoms with Crippen molar-refractivity contribution in [1.29, 1.82) is 0 Å². The summed E-state index contributed by atoms with van der Waals surface area (Å²) in [5.74, 6) is 7.79. The molecule has 0 radical (unpaired) electrons. The smallest absolute Gasteiger partial charge is 1.00 e. The maximum atomic E-state index is 3.67. The Labute approximate surface area is 283 Å². The molecule has 2 fully saturated rings. The maximum Gasteiger partial charge on any atom is 4.00 e. The second-order valence-corrected chi connectivity index (χ2v) is 13.8. The molecule has 6 rings (SSSR count). The van der Waals surface area contributed by atoms with Crippen LogP contribution in [0.3, 0.4) is 0 Å². The first-order chi connectivity index (χ1) is 18.3. The summed E-state index contributed by atoms with van der Waals surface area (Å²) in [5, 5.41) is 0. The fourth-order valence-electron chi connectivity index (χ4n) is 8.42. The summed E-state index contributed by atoms with van der Waals surface area (Å²) in [7, 11) is 0. The second-order valence-electron chi connectivity index (χ2n) is 13.8. The van der Waals surface area contributed by atoms with Crippen LogP contribution in [0.25, 0.3) is 12.2 Å². The summed E-state index contributed by atoms with van der Waals surface area (Å²) in [4.78, 5) is 0. The van der Waals surface area contributed by atoms with E-state index < -0.39 is 0 Å². The molecule has 2 aromatic rings. The van der Waals surface area contributed by atoms with Crippen molar-refractivity contribution in [3.8, 4) is 0 Å². The largest absolute Gasteiger partial charge is 4.00 e. The monoisotopic (exact) mass is 666 g/mol. The first-order valence-electron chi connectivity index (χ1n) is 15.7. The van der Waals surface area contributed by atoms with Crippen LogP contribution in [0, 0.1) is 59.5 Å². The first kappa shape index (κ1) is 36.6. The molecule has 4 aliphatic rings. The Kier molecular flexibility index (Phi) is 14.7. The third kappa shape index (κ3) is 8.31. The number of hydrogen-bond acceptors (Lipinski definition) is 0. The number of allylic oxidation sites excluding steroid dienone is 2. The quantitative estimate of drug-likeness (QED) is 0.418. The molecule has 0 bridgehead atoms. The first-order valence-corrected chi connectivity index (χ1v) is 15.7. The molecule has 0 spiro atoms. The van der Waals surface area contributed by atoms with Crippen molar-refractivity contribution in [3.05, 3.63) is 82.9 Å². The zero-order valence-corrected chi connectivity index (χ0v) is 30.0. The van der Waals surface area contributed by atoms with Gasteiger partial charge in [-0.15, -0.1) is 23.3 Å². The number of benzene rings is 2. The van der Waals surface area contributed by atoms with E-state index in [1.165, 1.54) is 60.8 Å². The van der Waals surface area contributed by atoms with Gasteiger partial charge in [0.15, 0.2) is 0 Å². The van der Waals surface area contributed by atoms with Crippen LogP contribution in [-0.2, 0) is 26.2 Å². The van der Waals surface area contributed by atoms with Crippen LogP contribution in [0.5, 0.6) is 0 Å². The van der Waals surface area contributed by atoms with Gasteiger partial charge < -0.3 is 24.8 Å². The van der Waals surface area contributed by atoms with E-state index in [1.54, 1.807) is 0 Å². The van der Waals surface area contributed by atoms with Crippen LogP contribution in [0.4, 0.5) is 0 Å². The van der Waals surface area contributed by atoms with E-state index in [4.69, 9.17) is 0 Å². The fourth-order valence-corrected chi connectivity index (χ4v) is 8.42. The van der Waals surface area contributed by atoms with Gasteiger partial charge in [-0.1, -0.05) is 103 Å². The molecule has 0 N–H and O–H groups in total. The topological polar surface area (TPSA) is 0 Å². The normalized spacial score (nSPS) is 31.2. The summed E-state index contributed by atoms with van der Waals surface area (Å²) in [6, 6.07) is 17.7. The average Bonchev–Trinajstić information content (AvgIpc) is 3.53. The predicted octanol–water partition coefficient (Wildman–Crippen LogP) is 4.62. The molecule has 0 amide bonds. The molecule has 0 aliphatic heterocycles. The minimum atomic E-state index is 0. The van der Waals surface area contributed by atoms with Gasteiger partial charge in [-0.05, 0) is 73.0 Å². The molecule has 41 heavy (non-hydrogen) atoms. The fraction of sp³-hybridized carbons (Fsp3) is 0.579. The average molecular weight is 669 g/mol. The molecule has 0 aromatic heterocycles. The summed E-state index contributed by atoms with van der Waals surface area (Å²) in [5.41, 5.74) is 5.83. The standard InChI is InChI=1S/2C19H25.2ClH.Zr/c2*1-13(2)16-10-8-14(3)12-19(16)18-11-9-15-6-4-5-7-17(15)18;;;/h2*4-7,9,13-14,16,18-19H,8,10,12H2,1-3H3;2*1H;/q2*-1;;;+4/p-2/t14-,16+,18?,19+;14-,16-,18?,19+;;;/m11.../s1. The SMILES string of the molecule is CC(C)[C@@H]1CC[C@@H](C)C[C@@H]1C1[C-]=Cc2ccccc21.CC(C)[C@H]1CC[C@@H](C)C[C@@H]1C1[C-]=Cc2ccccc21.[Cl-].[Cl-].[Zr+4]. The Bertz CT molecular complexity index is 1050. The Hall–Kier alpha value is -0.617. The van der Waals surface area contributed by atoms with Gasteiger partial charge in [0.25, 0.3) is 0 Å². The number of rotatable bonds is 4. The Morgan fingerprint density at radius 3 is 1.32 bits per heavy atom. The van der Waals surface area contributed by atoms with Crippen molar-refractivity contribution in [1.82, 2.24) is 0 Å². The Balaban J connectivity index is 0.000000267. The van der Waals surface area contributed by atoms with Gasteiger partial charge in [0, 0.05) is 0 Å². The van der Waals surface area contributed by atoms with E-state index in [1.807, 2.05) is 0 Å². The van der Waals surface area contributed by atoms with E-state index >= 15 is 0 Å². The molecule has 3 heteroatoms. The van der Waals surface area contributed by atoms with Crippen molar-refractivity contribution in [3.63, 3.8) is 0 Å². The molecule has 2 aromatic carbocycles. The molecular weight excluding hydrogens is 619 g/mol. The zero-order valence-electron chi connectivity index (χ0n) is 26.0. The third-order valence-corrected chi connectivity index (χ3v) is 10.5. The van der Waals surface area contributed by atoms with Gasteiger partial charge in [0.05, 0.1) is 0 Å². The van der Waals surface area contributed by atoms with Crippen LogP contribution in [-0.4, -0.2) is 0 Å². The Morgan fingerprint density at radius 1 is 0.585 bits per heavy atom. The summed E-state index contributed by atoms with van der Waals surface area (Å²) in [6.45, 7) is 14.5. The van der Waals surface area contributed by atoms with Crippen LogP contribution in [0.2, 0.25) is 0 Å². The van der Waals surface area contributed by atoms with Gasteiger partial charge in [-0.3, -0.25) is 12.2 Å². The molecule has 0 heterocycles. The summed E-state index contributed by atoms with van der Waals surface area (Å²) >= 11 is 0. The van der Waals surface area contributed by atoms with E-state index in [9.17, 15) is 0 Å². The number of halogens is 2. The van der Waals surface area contributed by atoms with Crippen molar-refractivity contribution >= 4 is 12.2 Å². The minimum Gasteiger partial charge on any atom is -1.00 e. The van der Waals surface area contributed by atoms with E-state index in [0.29, 0.717) is 11.8 Å². The van der Waals surface area contributed by atoms with Gasteiger partial charge in [-0.25, -0.2) is 12.2 Å². The zero-order chi connectivity index (χ0) is 26.8. The summed E-state index contributed by atoms with van der Waals surface area (Å²) in [6.07, 6.45) is 20.2. The van der Waals surface area contributed by atoms with Crippen molar-refractivity contribution < 1.29 is 51.0 Å². The maximum absolute atomic E-state index is 3.67. The van der Waals surface area contributed by atoms with Crippen molar-refractivity contribution in [2.45, 2.75) is 91.9 Å². The molecule has 2 saturated carbocycles.